The molecule has 3 aromatic rings. The van der Waals surface area contributed by atoms with Crippen LogP contribution in [0, 0.1) is 0 Å². The third-order valence-corrected chi connectivity index (χ3v) is 4.49. The molecule has 1 heterocycles. The SMILES string of the molecule is [Fe].c1cc[cH-]c1.c1ccc2c(c1)C[C@@H]1OB(c3cc[cH-]c3)O[C@H]1C2. The van der Waals surface area contributed by atoms with Gasteiger partial charge in [-0.05, 0) is 24.0 Å². The molecule has 1 fully saturated rings. The van der Waals surface area contributed by atoms with Crippen molar-refractivity contribution in [3.63, 3.8) is 0 Å². The first-order valence-corrected chi connectivity index (χ1v) is 8.16. The van der Waals surface area contributed by atoms with Gasteiger partial charge in [-0.3, -0.25) is 0 Å². The van der Waals surface area contributed by atoms with Crippen LogP contribution in [0.3, 0.4) is 0 Å². The predicted molar refractivity (Wildman–Crippen MR) is 93.1 cm³/mol. The van der Waals surface area contributed by atoms with Gasteiger partial charge in [-0.25, -0.2) is 18.2 Å². The Morgan fingerprint density at radius 2 is 1.42 bits per heavy atom. The second kappa shape index (κ2) is 8.00. The molecule has 0 unspecified atom stereocenters. The van der Waals surface area contributed by atoms with E-state index in [2.05, 4.69) is 36.4 Å². The van der Waals surface area contributed by atoms with Gasteiger partial charge in [0.25, 0.3) is 0 Å². The molecule has 0 saturated carbocycles. The molecule has 2 nitrogen and oxygen atoms in total. The van der Waals surface area contributed by atoms with Crippen LogP contribution >= 0.6 is 0 Å². The van der Waals surface area contributed by atoms with Crippen molar-refractivity contribution in [3.05, 3.63) is 90.0 Å². The van der Waals surface area contributed by atoms with E-state index in [1.165, 1.54) is 11.1 Å². The molecule has 2 atom stereocenters. The molecule has 2 aliphatic rings. The van der Waals surface area contributed by atoms with Gasteiger partial charge >= 0.3 is 7.12 Å². The average Bonchev–Trinajstić information content (AvgIpc) is 3.35. The Morgan fingerprint density at radius 1 is 0.792 bits per heavy atom. The summed E-state index contributed by atoms with van der Waals surface area (Å²) in [4.78, 5) is 0. The minimum absolute atomic E-state index is 0. The van der Waals surface area contributed by atoms with Crippen molar-refractivity contribution in [2.45, 2.75) is 25.0 Å². The Morgan fingerprint density at radius 3 is 1.88 bits per heavy atom. The molecule has 0 N–H and O–H groups in total. The Labute approximate surface area is 154 Å². The van der Waals surface area contributed by atoms with Crippen molar-refractivity contribution < 1.29 is 26.4 Å². The fourth-order valence-electron chi connectivity index (χ4n) is 3.30. The summed E-state index contributed by atoms with van der Waals surface area (Å²) in [5, 5.41) is 0. The number of benzene rings is 1. The van der Waals surface area contributed by atoms with Gasteiger partial charge in [0, 0.05) is 17.1 Å². The van der Waals surface area contributed by atoms with Crippen LogP contribution in [0.1, 0.15) is 11.1 Å². The van der Waals surface area contributed by atoms with E-state index >= 15 is 0 Å². The number of rotatable bonds is 1. The molecule has 0 aromatic heterocycles. The van der Waals surface area contributed by atoms with Crippen molar-refractivity contribution >= 4 is 12.6 Å². The van der Waals surface area contributed by atoms with Gasteiger partial charge in [-0.2, -0.15) is 41.9 Å². The van der Waals surface area contributed by atoms with Crippen LogP contribution in [-0.4, -0.2) is 19.3 Å². The second-order valence-electron chi connectivity index (χ2n) is 6.04. The minimum atomic E-state index is -0.177. The summed E-state index contributed by atoms with van der Waals surface area (Å²) in [6, 6.07) is 26.8. The van der Waals surface area contributed by atoms with E-state index < -0.39 is 0 Å². The zero-order valence-electron chi connectivity index (χ0n) is 13.3. The molecular weight excluding hydrogens is 339 g/mol. The van der Waals surface area contributed by atoms with Gasteiger partial charge in [0.2, 0.25) is 0 Å². The van der Waals surface area contributed by atoms with E-state index in [4.69, 9.17) is 9.31 Å². The fraction of sp³-hybridized carbons (Fsp3) is 0.200. The zero-order valence-corrected chi connectivity index (χ0v) is 14.4. The Hall–Kier alpha value is -1.58. The molecule has 0 bridgehead atoms. The van der Waals surface area contributed by atoms with Crippen LogP contribution in [0.25, 0.3) is 0 Å². The van der Waals surface area contributed by atoms with Crippen molar-refractivity contribution in [3.8, 4) is 0 Å². The summed E-state index contributed by atoms with van der Waals surface area (Å²) < 4.78 is 12.1. The van der Waals surface area contributed by atoms with Crippen molar-refractivity contribution in [2.75, 3.05) is 0 Å². The largest absolute Gasteiger partial charge is 0.413 e. The van der Waals surface area contributed by atoms with Crippen molar-refractivity contribution in [2.24, 2.45) is 0 Å². The maximum Gasteiger partial charge on any atom is 0.406 e. The van der Waals surface area contributed by atoms with Crippen LogP contribution in [0.5, 0.6) is 0 Å². The van der Waals surface area contributed by atoms with Gasteiger partial charge in [-0.15, -0.1) is 0 Å². The maximum absolute atomic E-state index is 6.04. The second-order valence-corrected chi connectivity index (χ2v) is 6.04. The van der Waals surface area contributed by atoms with Gasteiger partial charge in [-0.1, -0.05) is 24.3 Å². The molecule has 1 aliphatic carbocycles. The first-order valence-electron chi connectivity index (χ1n) is 8.16. The minimum Gasteiger partial charge on any atom is -0.413 e. The van der Waals surface area contributed by atoms with Gasteiger partial charge in [0.1, 0.15) is 0 Å². The molecule has 1 saturated heterocycles. The number of hydrogen-bond donors (Lipinski definition) is 0. The van der Waals surface area contributed by atoms with E-state index in [0.29, 0.717) is 0 Å². The van der Waals surface area contributed by atoms with E-state index in [1.54, 1.807) is 0 Å². The predicted octanol–water partition coefficient (Wildman–Crippen LogP) is 3.09. The van der Waals surface area contributed by atoms with Crippen LogP contribution < -0.4 is 5.46 Å². The van der Waals surface area contributed by atoms with Gasteiger partial charge in [0.05, 0.1) is 12.2 Å². The van der Waals surface area contributed by atoms with Crippen LogP contribution in [0.4, 0.5) is 0 Å². The van der Waals surface area contributed by atoms with E-state index in [1.807, 2.05) is 42.5 Å². The monoisotopic (exact) mass is 358 g/mol. The Balaban J connectivity index is 0.000000245. The van der Waals surface area contributed by atoms with Gasteiger partial charge < -0.3 is 9.31 Å². The van der Waals surface area contributed by atoms with Gasteiger partial charge in [0.15, 0.2) is 0 Å². The standard InChI is InChI=1S/C15H14BO2.C5H5.Fe/c1-2-6-12-10-15-14(9-11(12)5-1)17-16(18-15)13-7-3-4-8-13;1-2-4-5-3-1;/h1-8,14-15H,9-10H2;1-5H;/q2*-1;/t14-,15-;;/m0../s1. The van der Waals surface area contributed by atoms with E-state index in [-0.39, 0.29) is 36.4 Å². The van der Waals surface area contributed by atoms with Crippen molar-refractivity contribution in [1.29, 1.82) is 0 Å². The molecular formula is C20H19BFeO2-2. The normalized spacial score (nSPS) is 21.1. The first kappa shape index (κ1) is 17.3. The van der Waals surface area contributed by atoms with E-state index in [0.717, 1.165) is 18.3 Å². The fourth-order valence-corrected chi connectivity index (χ4v) is 3.30. The quantitative estimate of drug-likeness (QED) is 0.492. The summed E-state index contributed by atoms with van der Waals surface area (Å²) >= 11 is 0. The third-order valence-electron chi connectivity index (χ3n) is 4.49. The first-order chi connectivity index (χ1) is 11.4. The zero-order chi connectivity index (χ0) is 15.5. The Bertz CT molecular complexity index is 674. The molecule has 3 aromatic carbocycles. The van der Waals surface area contributed by atoms with Crippen LogP contribution in [0.15, 0.2) is 78.9 Å². The number of fused-ring (bicyclic) bond motifs is 2. The summed E-state index contributed by atoms with van der Waals surface area (Å²) in [6.07, 6.45) is 2.36. The molecule has 0 radical (unpaired) electrons. The van der Waals surface area contributed by atoms with Crippen LogP contribution in [-0.2, 0) is 39.2 Å². The van der Waals surface area contributed by atoms with Crippen molar-refractivity contribution in [1.82, 2.24) is 0 Å². The summed E-state index contributed by atoms with van der Waals surface area (Å²) in [5.74, 6) is 0. The molecule has 124 valence electrons. The van der Waals surface area contributed by atoms with E-state index in [9.17, 15) is 0 Å². The topological polar surface area (TPSA) is 18.5 Å². The Kier molecular flexibility index (Phi) is 5.75. The molecule has 4 heteroatoms. The molecule has 0 amide bonds. The number of hydrogen-bond acceptors (Lipinski definition) is 2. The average molecular weight is 358 g/mol. The molecule has 24 heavy (non-hydrogen) atoms. The summed E-state index contributed by atoms with van der Waals surface area (Å²) in [6.45, 7) is 0. The maximum atomic E-state index is 6.04. The van der Waals surface area contributed by atoms with Crippen LogP contribution in [0.2, 0.25) is 0 Å². The summed E-state index contributed by atoms with van der Waals surface area (Å²) in [5.41, 5.74) is 3.95. The third kappa shape index (κ3) is 3.73. The molecule has 0 spiro atoms. The smallest absolute Gasteiger partial charge is 0.406 e. The molecule has 1 aliphatic heterocycles. The summed E-state index contributed by atoms with van der Waals surface area (Å²) in [7, 11) is -0.177. The molecule has 5 rings (SSSR count).